The van der Waals surface area contributed by atoms with Gasteiger partial charge in [0.1, 0.15) is 5.92 Å². The number of aliphatic carboxylic acids is 1. The second kappa shape index (κ2) is 3.96. The van der Waals surface area contributed by atoms with E-state index in [2.05, 4.69) is 0 Å². The van der Waals surface area contributed by atoms with Gasteiger partial charge < -0.3 is 10.0 Å². The molecule has 84 valence electrons. The molecular formula is C12H13NO3. The number of hydrogen-bond acceptors (Lipinski definition) is 2. The number of hydrogen-bond donors (Lipinski definition) is 1. The molecule has 1 aromatic rings. The molecule has 1 N–H and O–H groups in total. The van der Waals surface area contributed by atoms with E-state index in [9.17, 15) is 9.59 Å². The molecule has 4 heteroatoms. The van der Waals surface area contributed by atoms with E-state index in [1.807, 2.05) is 24.3 Å². The summed E-state index contributed by atoms with van der Waals surface area (Å²) < 4.78 is 0. The second-order valence-corrected chi connectivity index (χ2v) is 3.96. The van der Waals surface area contributed by atoms with Gasteiger partial charge in [0.15, 0.2) is 0 Å². The number of anilines is 1. The van der Waals surface area contributed by atoms with Crippen molar-refractivity contribution in [2.75, 3.05) is 11.9 Å². The lowest BCUT2D eigenvalue weighted by atomic mass is 10.0. The molecule has 0 saturated carbocycles. The van der Waals surface area contributed by atoms with Gasteiger partial charge in [-0.15, -0.1) is 0 Å². The van der Waals surface area contributed by atoms with Crippen LogP contribution in [0.2, 0.25) is 0 Å². The standard InChI is InChI=1S/C12H13NO3/c1-13-10-5-3-2-4-8(10)6-7-9(11(13)14)12(15)16/h2-5,9H,6-7H2,1H3,(H,15,16). The average Bonchev–Trinajstić information content (AvgIpc) is 2.39. The molecule has 0 aromatic heterocycles. The van der Waals surface area contributed by atoms with Gasteiger partial charge in [-0.05, 0) is 24.5 Å². The van der Waals surface area contributed by atoms with E-state index in [0.29, 0.717) is 12.8 Å². The zero-order valence-corrected chi connectivity index (χ0v) is 9.01. The molecule has 0 fully saturated rings. The molecule has 1 unspecified atom stereocenters. The Bertz CT molecular complexity index is 442. The SMILES string of the molecule is CN1C(=O)C(C(=O)O)CCc2ccccc21. The lowest BCUT2D eigenvalue weighted by Crippen LogP contribution is -2.35. The topological polar surface area (TPSA) is 57.6 Å². The predicted molar refractivity (Wildman–Crippen MR) is 59.3 cm³/mol. The van der Waals surface area contributed by atoms with Gasteiger partial charge in [-0.2, -0.15) is 0 Å². The van der Waals surface area contributed by atoms with Crippen molar-refractivity contribution in [2.24, 2.45) is 5.92 Å². The first-order chi connectivity index (χ1) is 7.61. The van der Waals surface area contributed by atoms with E-state index in [4.69, 9.17) is 5.11 Å². The number of fused-ring (bicyclic) bond motifs is 1. The van der Waals surface area contributed by atoms with Gasteiger partial charge in [0.2, 0.25) is 5.91 Å². The maximum absolute atomic E-state index is 11.9. The third-order valence-corrected chi connectivity index (χ3v) is 2.98. The van der Waals surface area contributed by atoms with Crippen LogP contribution >= 0.6 is 0 Å². The maximum atomic E-state index is 11.9. The van der Waals surface area contributed by atoms with Gasteiger partial charge in [-0.25, -0.2) is 0 Å². The van der Waals surface area contributed by atoms with E-state index in [1.165, 1.54) is 4.90 Å². The lowest BCUT2D eigenvalue weighted by molar-refractivity contribution is -0.146. The van der Waals surface area contributed by atoms with Crippen molar-refractivity contribution >= 4 is 17.6 Å². The number of rotatable bonds is 1. The van der Waals surface area contributed by atoms with E-state index >= 15 is 0 Å². The van der Waals surface area contributed by atoms with Gasteiger partial charge in [0.05, 0.1) is 0 Å². The van der Waals surface area contributed by atoms with Gasteiger partial charge in [0, 0.05) is 12.7 Å². The van der Waals surface area contributed by atoms with Crippen LogP contribution in [0, 0.1) is 5.92 Å². The Balaban J connectivity index is 2.41. The maximum Gasteiger partial charge on any atom is 0.316 e. The van der Waals surface area contributed by atoms with Crippen LogP contribution in [0.1, 0.15) is 12.0 Å². The number of benzene rings is 1. The quantitative estimate of drug-likeness (QED) is 0.724. The first-order valence-corrected chi connectivity index (χ1v) is 5.19. The van der Waals surface area contributed by atoms with Crippen LogP contribution in [0.5, 0.6) is 0 Å². The molecule has 0 radical (unpaired) electrons. The molecule has 0 spiro atoms. The van der Waals surface area contributed by atoms with Crippen molar-refractivity contribution in [1.29, 1.82) is 0 Å². The molecule has 1 atom stereocenters. The molecule has 0 bridgehead atoms. The zero-order chi connectivity index (χ0) is 11.7. The van der Waals surface area contributed by atoms with Crippen molar-refractivity contribution < 1.29 is 14.7 Å². The van der Waals surface area contributed by atoms with Crippen LogP contribution in [0.15, 0.2) is 24.3 Å². The highest BCUT2D eigenvalue weighted by Gasteiger charge is 2.32. The van der Waals surface area contributed by atoms with Crippen LogP contribution in [-0.4, -0.2) is 24.0 Å². The third-order valence-electron chi connectivity index (χ3n) is 2.98. The van der Waals surface area contributed by atoms with Gasteiger partial charge in [0.25, 0.3) is 0 Å². The summed E-state index contributed by atoms with van der Waals surface area (Å²) in [4.78, 5) is 24.3. The second-order valence-electron chi connectivity index (χ2n) is 3.96. The first-order valence-electron chi connectivity index (χ1n) is 5.19. The fourth-order valence-electron chi connectivity index (χ4n) is 2.05. The summed E-state index contributed by atoms with van der Waals surface area (Å²) in [6.45, 7) is 0. The summed E-state index contributed by atoms with van der Waals surface area (Å²) in [5.41, 5.74) is 1.85. The number of amides is 1. The summed E-state index contributed by atoms with van der Waals surface area (Å²) >= 11 is 0. The van der Waals surface area contributed by atoms with Crippen LogP contribution in [-0.2, 0) is 16.0 Å². The Morgan fingerprint density at radius 1 is 1.44 bits per heavy atom. The molecule has 4 nitrogen and oxygen atoms in total. The minimum Gasteiger partial charge on any atom is -0.481 e. The molecule has 1 heterocycles. The average molecular weight is 219 g/mol. The van der Waals surface area contributed by atoms with Crippen LogP contribution < -0.4 is 4.90 Å². The lowest BCUT2D eigenvalue weighted by Gasteiger charge is -2.19. The summed E-state index contributed by atoms with van der Waals surface area (Å²) in [6, 6.07) is 7.53. The van der Waals surface area contributed by atoms with Crippen LogP contribution in [0.4, 0.5) is 5.69 Å². The van der Waals surface area contributed by atoms with Gasteiger partial charge in [-0.1, -0.05) is 18.2 Å². The monoisotopic (exact) mass is 219 g/mol. The summed E-state index contributed by atoms with van der Waals surface area (Å²) in [5, 5.41) is 8.98. The molecule has 0 saturated heterocycles. The molecule has 1 amide bonds. The molecule has 16 heavy (non-hydrogen) atoms. The fourth-order valence-corrected chi connectivity index (χ4v) is 2.05. The predicted octanol–water partition coefficient (Wildman–Crippen LogP) is 1.30. The molecule has 1 aromatic carbocycles. The van der Waals surface area contributed by atoms with Crippen molar-refractivity contribution in [3.05, 3.63) is 29.8 Å². The molecular weight excluding hydrogens is 206 g/mol. The van der Waals surface area contributed by atoms with Crippen molar-refractivity contribution in [3.63, 3.8) is 0 Å². The van der Waals surface area contributed by atoms with E-state index in [-0.39, 0.29) is 5.91 Å². The number of aryl methyl sites for hydroxylation is 1. The number of carboxylic acids is 1. The highest BCUT2D eigenvalue weighted by molar-refractivity contribution is 6.06. The molecule has 0 aliphatic carbocycles. The Kier molecular flexibility index (Phi) is 2.64. The summed E-state index contributed by atoms with van der Waals surface area (Å²) in [6.07, 6.45) is 0.999. The van der Waals surface area contributed by atoms with Crippen LogP contribution in [0.25, 0.3) is 0 Å². The van der Waals surface area contributed by atoms with E-state index < -0.39 is 11.9 Å². The number of carbonyl (C=O) groups excluding carboxylic acids is 1. The molecule has 2 rings (SSSR count). The minimum absolute atomic E-state index is 0.336. The Morgan fingerprint density at radius 3 is 2.81 bits per heavy atom. The van der Waals surface area contributed by atoms with Crippen LogP contribution in [0.3, 0.4) is 0 Å². The molecule has 1 aliphatic rings. The largest absolute Gasteiger partial charge is 0.481 e. The van der Waals surface area contributed by atoms with E-state index in [1.54, 1.807) is 7.05 Å². The first kappa shape index (κ1) is 10.7. The van der Waals surface area contributed by atoms with E-state index in [0.717, 1.165) is 11.3 Å². The summed E-state index contributed by atoms with van der Waals surface area (Å²) in [7, 11) is 1.63. The normalized spacial score (nSPS) is 20.2. The Morgan fingerprint density at radius 2 is 2.12 bits per heavy atom. The summed E-state index contributed by atoms with van der Waals surface area (Å²) in [5.74, 6) is -2.29. The number of nitrogens with zero attached hydrogens (tertiary/aromatic N) is 1. The Hall–Kier alpha value is -1.84. The number of para-hydroxylation sites is 1. The van der Waals surface area contributed by atoms with Crippen molar-refractivity contribution in [2.45, 2.75) is 12.8 Å². The highest BCUT2D eigenvalue weighted by Crippen LogP contribution is 2.28. The van der Waals surface area contributed by atoms with Gasteiger partial charge in [-0.3, -0.25) is 9.59 Å². The van der Waals surface area contributed by atoms with Gasteiger partial charge >= 0.3 is 5.97 Å². The number of carboxylic acid groups (broad SMARTS) is 1. The van der Waals surface area contributed by atoms with Crippen molar-refractivity contribution in [3.8, 4) is 0 Å². The van der Waals surface area contributed by atoms with Crippen molar-refractivity contribution in [1.82, 2.24) is 0 Å². The third kappa shape index (κ3) is 1.66. The smallest absolute Gasteiger partial charge is 0.316 e. The minimum atomic E-state index is -1.04. The number of carbonyl (C=O) groups is 2. The zero-order valence-electron chi connectivity index (χ0n) is 9.01. The highest BCUT2D eigenvalue weighted by atomic mass is 16.4. The Labute approximate surface area is 93.5 Å². The molecule has 1 aliphatic heterocycles. The fraction of sp³-hybridized carbons (Fsp3) is 0.333.